The van der Waals surface area contributed by atoms with Crippen LogP contribution in [0.4, 0.5) is 5.82 Å². The molecule has 0 atom stereocenters. The van der Waals surface area contributed by atoms with Crippen molar-refractivity contribution in [1.82, 2.24) is 15.0 Å². The maximum atomic E-state index is 4.41. The van der Waals surface area contributed by atoms with Crippen molar-refractivity contribution in [2.45, 2.75) is 6.54 Å². The third-order valence-electron chi connectivity index (χ3n) is 2.40. The average molecular weight is 321 g/mol. The van der Waals surface area contributed by atoms with Gasteiger partial charge in [-0.25, -0.2) is 9.97 Å². The predicted octanol–water partition coefficient (Wildman–Crippen LogP) is 3.46. The minimum atomic E-state index is 0.662. The van der Waals surface area contributed by atoms with Crippen LogP contribution in [0, 0.1) is 0 Å². The van der Waals surface area contributed by atoms with E-state index in [1.54, 1.807) is 23.7 Å². The van der Waals surface area contributed by atoms with Crippen LogP contribution >= 0.6 is 27.3 Å². The number of halogens is 1. The number of rotatable bonds is 3. The number of aromatic nitrogens is 3. The van der Waals surface area contributed by atoms with Crippen LogP contribution in [0.15, 0.2) is 40.4 Å². The van der Waals surface area contributed by atoms with Crippen LogP contribution in [0.2, 0.25) is 0 Å². The monoisotopic (exact) mass is 320 g/mol. The van der Waals surface area contributed by atoms with Crippen molar-refractivity contribution >= 4 is 44.2 Å². The van der Waals surface area contributed by atoms with Gasteiger partial charge in [0, 0.05) is 17.3 Å². The first-order chi connectivity index (χ1) is 8.81. The molecule has 3 aromatic heterocycles. The van der Waals surface area contributed by atoms with Gasteiger partial charge in [0.15, 0.2) is 5.65 Å². The molecule has 0 fully saturated rings. The van der Waals surface area contributed by atoms with Gasteiger partial charge in [-0.1, -0.05) is 0 Å². The van der Waals surface area contributed by atoms with Gasteiger partial charge in [-0.2, -0.15) is 0 Å². The van der Waals surface area contributed by atoms with E-state index >= 15 is 0 Å². The lowest BCUT2D eigenvalue weighted by atomic mass is 10.4. The van der Waals surface area contributed by atoms with Crippen molar-refractivity contribution in [2.75, 3.05) is 5.32 Å². The summed E-state index contributed by atoms with van der Waals surface area (Å²) in [5.41, 5.74) is 1.47. The summed E-state index contributed by atoms with van der Waals surface area (Å²) in [4.78, 5) is 14.0. The summed E-state index contributed by atoms with van der Waals surface area (Å²) in [5.74, 6) is 0.813. The Balaban J connectivity index is 1.78. The SMILES string of the molecule is Brc1ccc(CNc2ccc3nccnc3n2)s1. The van der Waals surface area contributed by atoms with Crippen LogP contribution in [-0.2, 0) is 6.54 Å². The number of thiophene rings is 1. The van der Waals surface area contributed by atoms with Crippen molar-refractivity contribution in [3.8, 4) is 0 Å². The first-order valence-electron chi connectivity index (χ1n) is 5.37. The molecule has 0 aliphatic rings. The lowest BCUT2D eigenvalue weighted by molar-refractivity contribution is 1.14. The fourth-order valence-electron chi connectivity index (χ4n) is 1.58. The molecule has 3 rings (SSSR count). The second kappa shape index (κ2) is 4.99. The second-order valence-corrected chi connectivity index (χ2v) is 6.20. The normalized spacial score (nSPS) is 10.7. The van der Waals surface area contributed by atoms with Crippen molar-refractivity contribution in [3.05, 3.63) is 45.3 Å². The number of nitrogens with one attached hydrogen (secondary N) is 1. The van der Waals surface area contributed by atoms with Gasteiger partial charge in [-0.15, -0.1) is 11.3 Å². The molecule has 1 N–H and O–H groups in total. The molecular weight excluding hydrogens is 312 g/mol. The minimum absolute atomic E-state index is 0.662. The molecule has 6 heteroatoms. The van der Waals surface area contributed by atoms with Gasteiger partial charge >= 0.3 is 0 Å². The van der Waals surface area contributed by atoms with E-state index in [1.165, 1.54) is 4.88 Å². The minimum Gasteiger partial charge on any atom is -0.365 e. The largest absolute Gasteiger partial charge is 0.365 e. The molecule has 0 saturated heterocycles. The fourth-order valence-corrected chi connectivity index (χ4v) is 3.00. The molecule has 18 heavy (non-hydrogen) atoms. The summed E-state index contributed by atoms with van der Waals surface area (Å²) in [5, 5.41) is 3.28. The standard InChI is InChI=1S/C12H9BrN4S/c13-10-3-1-8(18-10)7-16-11-4-2-9-12(17-11)15-6-5-14-9/h1-6H,7H2,(H,15,16,17). The Bertz CT molecular complexity index is 682. The lowest BCUT2D eigenvalue weighted by Gasteiger charge is -2.04. The van der Waals surface area contributed by atoms with Gasteiger partial charge in [-0.05, 0) is 40.2 Å². The second-order valence-electron chi connectivity index (χ2n) is 3.65. The lowest BCUT2D eigenvalue weighted by Crippen LogP contribution is -2.00. The molecule has 90 valence electrons. The number of hydrogen-bond acceptors (Lipinski definition) is 5. The van der Waals surface area contributed by atoms with Gasteiger partial charge in [-0.3, -0.25) is 4.98 Å². The van der Waals surface area contributed by atoms with E-state index in [2.05, 4.69) is 42.3 Å². The summed E-state index contributed by atoms with van der Waals surface area (Å²) < 4.78 is 1.14. The zero-order valence-corrected chi connectivity index (χ0v) is 11.7. The Morgan fingerprint density at radius 3 is 2.83 bits per heavy atom. The van der Waals surface area contributed by atoms with Crippen LogP contribution in [0.5, 0.6) is 0 Å². The Morgan fingerprint density at radius 2 is 2.00 bits per heavy atom. The highest BCUT2D eigenvalue weighted by Gasteiger charge is 2.01. The quantitative estimate of drug-likeness (QED) is 0.803. The molecule has 0 aliphatic heterocycles. The Hall–Kier alpha value is -1.53. The first-order valence-corrected chi connectivity index (χ1v) is 6.98. The van der Waals surface area contributed by atoms with Crippen molar-refractivity contribution < 1.29 is 0 Å². The van der Waals surface area contributed by atoms with E-state index in [0.29, 0.717) is 5.65 Å². The summed E-state index contributed by atoms with van der Waals surface area (Å²) in [6.45, 7) is 0.759. The molecule has 0 aliphatic carbocycles. The highest BCUT2D eigenvalue weighted by molar-refractivity contribution is 9.11. The van der Waals surface area contributed by atoms with Gasteiger partial charge in [0.05, 0.1) is 10.3 Å². The van der Waals surface area contributed by atoms with E-state index in [-0.39, 0.29) is 0 Å². The van der Waals surface area contributed by atoms with Gasteiger partial charge in [0.1, 0.15) is 11.3 Å². The number of nitrogens with zero attached hydrogens (tertiary/aromatic N) is 3. The van der Waals surface area contributed by atoms with E-state index in [9.17, 15) is 0 Å². The highest BCUT2D eigenvalue weighted by Crippen LogP contribution is 2.22. The Kier molecular flexibility index (Phi) is 3.21. The van der Waals surface area contributed by atoms with Crippen molar-refractivity contribution in [3.63, 3.8) is 0 Å². The molecule has 0 unspecified atom stereocenters. The van der Waals surface area contributed by atoms with E-state index < -0.39 is 0 Å². The van der Waals surface area contributed by atoms with E-state index in [1.807, 2.05) is 18.2 Å². The van der Waals surface area contributed by atoms with Gasteiger partial charge in [0.25, 0.3) is 0 Å². The molecular formula is C12H9BrN4S. The van der Waals surface area contributed by atoms with Crippen LogP contribution < -0.4 is 5.32 Å². The zero-order chi connectivity index (χ0) is 12.4. The third kappa shape index (κ3) is 2.49. The number of anilines is 1. The topological polar surface area (TPSA) is 50.7 Å². The number of pyridine rings is 1. The third-order valence-corrected chi connectivity index (χ3v) is 4.03. The summed E-state index contributed by atoms with van der Waals surface area (Å²) in [6, 6.07) is 7.96. The molecule has 3 heterocycles. The first kappa shape index (κ1) is 11.6. The van der Waals surface area contributed by atoms with Crippen LogP contribution in [-0.4, -0.2) is 15.0 Å². The number of fused-ring (bicyclic) bond motifs is 1. The predicted molar refractivity (Wildman–Crippen MR) is 76.7 cm³/mol. The molecule has 0 saturated carbocycles. The fraction of sp³-hybridized carbons (Fsp3) is 0.0833. The smallest absolute Gasteiger partial charge is 0.180 e. The molecule has 0 bridgehead atoms. The van der Waals surface area contributed by atoms with Crippen LogP contribution in [0.3, 0.4) is 0 Å². The van der Waals surface area contributed by atoms with Crippen LogP contribution in [0.1, 0.15) is 4.88 Å². The Morgan fingerprint density at radius 1 is 1.11 bits per heavy atom. The average Bonchev–Trinajstić information content (AvgIpc) is 2.82. The molecule has 0 radical (unpaired) electrons. The summed E-state index contributed by atoms with van der Waals surface area (Å²) in [7, 11) is 0. The van der Waals surface area contributed by atoms with Crippen molar-refractivity contribution in [1.29, 1.82) is 0 Å². The van der Waals surface area contributed by atoms with E-state index in [0.717, 1.165) is 21.7 Å². The maximum absolute atomic E-state index is 4.41. The van der Waals surface area contributed by atoms with Crippen molar-refractivity contribution in [2.24, 2.45) is 0 Å². The molecule has 0 spiro atoms. The molecule has 0 aromatic carbocycles. The molecule has 3 aromatic rings. The molecule has 0 amide bonds. The Labute approximate surface area is 116 Å². The van der Waals surface area contributed by atoms with E-state index in [4.69, 9.17) is 0 Å². The highest BCUT2D eigenvalue weighted by atomic mass is 79.9. The zero-order valence-electron chi connectivity index (χ0n) is 9.30. The number of hydrogen-bond donors (Lipinski definition) is 1. The van der Waals surface area contributed by atoms with Gasteiger partial charge in [0.2, 0.25) is 0 Å². The summed E-state index contributed by atoms with van der Waals surface area (Å²) >= 11 is 5.16. The van der Waals surface area contributed by atoms with Crippen LogP contribution in [0.25, 0.3) is 11.2 Å². The van der Waals surface area contributed by atoms with Gasteiger partial charge < -0.3 is 5.32 Å². The summed E-state index contributed by atoms with van der Waals surface area (Å²) in [6.07, 6.45) is 3.32. The maximum Gasteiger partial charge on any atom is 0.180 e. The molecule has 4 nitrogen and oxygen atoms in total.